The number of nitrogens with zero attached hydrogens (tertiary/aromatic N) is 1. The van der Waals surface area contributed by atoms with E-state index in [1.807, 2.05) is 37.3 Å². The standard InChI is InChI=1S/C9H12NOP/c1-8(10-11-7-12)9-5-3-2-4-6-9/h2-6H,7,12H2,1H3/b10-8+. The molecule has 0 radical (unpaired) electrons. The highest BCUT2D eigenvalue weighted by molar-refractivity contribution is 7.16. The molecule has 1 unspecified atom stereocenters. The van der Waals surface area contributed by atoms with Crippen molar-refractivity contribution in [3.8, 4) is 0 Å². The molecule has 0 aliphatic carbocycles. The lowest BCUT2D eigenvalue weighted by atomic mass is 10.1. The summed E-state index contributed by atoms with van der Waals surface area (Å²) in [5, 5.41) is 3.91. The van der Waals surface area contributed by atoms with Crippen LogP contribution < -0.4 is 0 Å². The Labute approximate surface area is 74.8 Å². The molecule has 0 fully saturated rings. The lowest BCUT2D eigenvalue weighted by molar-refractivity contribution is 0.196. The number of oxime groups is 1. The zero-order valence-corrected chi connectivity index (χ0v) is 8.18. The highest BCUT2D eigenvalue weighted by Gasteiger charge is 1.94. The summed E-state index contributed by atoms with van der Waals surface area (Å²) in [6.07, 6.45) is 0.532. The predicted octanol–water partition coefficient (Wildman–Crippen LogP) is 2.26. The first-order valence-electron chi connectivity index (χ1n) is 3.76. The van der Waals surface area contributed by atoms with Crippen molar-refractivity contribution in [2.24, 2.45) is 5.16 Å². The summed E-state index contributed by atoms with van der Waals surface area (Å²) in [6.45, 7) is 1.93. The average Bonchev–Trinajstić information content (AvgIpc) is 2.15. The second-order valence-electron chi connectivity index (χ2n) is 2.34. The van der Waals surface area contributed by atoms with Gasteiger partial charge in [0.2, 0.25) is 0 Å². The van der Waals surface area contributed by atoms with Gasteiger partial charge in [0.15, 0.2) is 0 Å². The Hall–Kier alpha value is -0.880. The van der Waals surface area contributed by atoms with E-state index in [2.05, 4.69) is 14.4 Å². The van der Waals surface area contributed by atoms with Crippen molar-refractivity contribution >= 4 is 15.0 Å². The number of hydrogen-bond donors (Lipinski definition) is 0. The quantitative estimate of drug-likeness (QED) is 0.398. The first kappa shape index (κ1) is 9.21. The van der Waals surface area contributed by atoms with Crippen LogP contribution in [0.4, 0.5) is 0 Å². The Morgan fingerprint density at radius 2 is 2.08 bits per heavy atom. The summed E-state index contributed by atoms with van der Waals surface area (Å²) in [4.78, 5) is 4.90. The minimum Gasteiger partial charge on any atom is -0.392 e. The Balaban J connectivity index is 2.71. The SMILES string of the molecule is C/C(=N\OCP)c1ccccc1. The largest absolute Gasteiger partial charge is 0.392 e. The summed E-state index contributed by atoms with van der Waals surface area (Å²) in [6, 6.07) is 9.95. The van der Waals surface area contributed by atoms with E-state index in [0.717, 1.165) is 11.3 Å². The van der Waals surface area contributed by atoms with E-state index in [4.69, 9.17) is 4.84 Å². The van der Waals surface area contributed by atoms with Crippen LogP contribution in [0.25, 0.3) is 0 Å². The molecule has 1 atom stereocenters. The van der Waals surface area contributed by atoms with Gasteiger partial charge >= 0.3 is 0 Å². The molecule has 2 nitrogen and oxygen atoms in total. The molecule has 12 heavy (non-hydrogen) atoms. The van der Waals surface area contributed by atoms with Gasteiger partial charge in [-0.1, -0.05) is 44.7 Å². The third-order valence-corrected chi connectivity index (χ3v) is 1.62. The average molecular weight is 181 g/mol. The molecule has 0 aromatic heterocycles. The molecule has 0 bridgehead atoms. The molecule has 1 aromatic rings. The first-order chi connectivity index (χ1) is 5.84. The van der Waals surface area contributed by atoms with E-state index in [-0.39, 0.29) is 0 Å². The molecule has 0 saturated carbocycles. The van der Waals surface area contributed by atoms with Gasteiger partial charge < -0.3 is 4.84 Å². The van der Waals surface area contributed by atoms with E-state index in [1.165, 1.54) is 0 Å². The van der Waals surface area contributed by atoms with Gasteiger partial charge in [0.1, 0.15) is 6.35 Å². The minimum atomic E-state index is 0.532. The molecule has 64 valence electrons. The molecule has 0 saturated heterocycles. The van der Waals surface area contributed by atoms with Crippen LogP contribution in [0.3, 0.4) is 0 Å². The molecule has 0 spiro atoms. The Kier molecular flexibility index (Phi) is 3.75. The summed E-state index contributed by atoms with van der Waals surface area (Å²) in [5.41, 5.74) is 1.99. The Morgan fingerprint density at radius 1 is 1.42 bits per heavy atom. The van der Waals surface area contributed by atoms with Crippen LogP contribution in [0.15, 0.2) is 35.5 Å². The maximum Gasteiger partial charge on any atom is 0.129 e. The molecular formula is C9H12NOP. The molecular weight excluding hydrogens is 169 g/mol. The second-order valence-corrected chi connectivity index (χ2v) is 2.67. The van der Waals surface area contributed by atoms with Gasteiger partial charge in [-0.3, -0.25) is 0 Å². The van der Waals surface area contributed by atoms with Crippen molar-refractivity contribution in [2.75, 3.05) is 6.35 Å². The normalized spacial score (nSPS) is 11.3. The van der Waals surface area contributed by atoms with Gasteiger partial charge in [-0.25, -0.2) is 0 Å². The monoisotopic (exact) mass is 181 g/mol. The summed E-state index contributed by atoms with van der Waals surface area (Å²) < 4.78 is 0. The van der Waals surface area contributed by atoms with E-state index >= 15 is 0 Å². The third kappa shape index (κ3) is 2.63. The van der Waals surface area contributed by atoms with Gasteiger partial charge in [0.25, 0.3) is 0 Å². The molecule has 0 N–H and O–H groups in total. The van der Waals surface area contributed by atoms with Gasteiger partial charge in [-0.2, -0.15) is 0 Å². The van der Waals surface area contributed by atoms with Crippen LogP contribution in [0.5, 0.6) is 0 Å². The molecule has 0 aliphatic heterocycles. The lowest BCUT2D eigenvalue weighted by Crippen LogP contribution is -1.94. The Bertz CT molecular complexity index is 258. The molecule has 0 heterocycles. The fraction of sp³-hybridized carbons (Fsp3) is 0.222. The topological polar surface area (TPSA) is 21.6 Å². The van der Waals surface area contributed by atoms with Gasteiger partial charge in [0.05, 0.1) is 5.71 Å². The number of rotatable bonds is 3. The van der Waals surface area contributed by atoms with Crippen LogP contribution in [0, 0.1) is 0 Å². The minimum absolute atomic E-state index is 0.532. The maximum absolute atomic E-state index is 4.90. The predicted molar refractivity (Wildman–Crippen MR) is 54.3 cm³/mol. The van der Waals surface area contributed by atoms with Crippen molar-refractivity contribution in [3.63, 3.8) is 0 Å². The fourth-order valence-electron chi connectivity index (χ4n) is 0.866. The first-order valence-corrected chi connectivity index (χ1v) is 4.58. The smallest absolute Gasteiger partial charge is 0.129 e. The zero-order chi connectivity index (χ0) is 8.81. The molecule has 3 heteroatoms. The zero-order valence-electron chi connectivity index (χ0n) is 7.03. The number of benzene rings is 1. The van der Waals surface area contributed by atoms with Gasteiger partial charge in [-0.15, -0.1) is 0 Å². The maximum atomic E-state index is 4.90. The summed E-state index contributed by atoms with van der Waals surface area (Å²) in [5.74, 6) is 0. The summed E-state index contributed by atoms with van der Waals surface area (Å²) in [7, 11) is 2.45. The van der Waals surface area contributed by atoms with Crippen molar-refractivity contribution in [2.45, 2.75) is 6.92 Å². The van der Waals surface area contributed by atoms with Crippen LogP contribution in [-0.4, -0.2) is 12.1 Å². The molecule has 1 aromatic carbocycles. The summed E-state index contributed by atoms with van der Waals surface area (Å²) >= 11 is 0. The fourth-order valence-corrected chi connectivity index (χ4v) is 0.941. The van der Waals surface area contributed by atoms with Crippen molar-refractivity contribution in [3.05, 3.63) is 35.9 Å². The van der Waals surface area contributed by atoms with Gasteiger partial charge in [0, 0.05) is 0 Å². The van der Waals surface area contributed by atoms with E-state index in [0.29, 0.717) is 6.35 Å². The van der Waals surface area contributed by atoms with Crippen molar-refractivity contribution in [1.82, 2.24) is 0 Å². The number of hydrogen-bond acceptors (Lipinski definition) is 2. The highest BCUT2D eigenvalue weighted by Crippen LogP contribution is 2.01. The second kappa shape index (κ2) is 4.89. The van der Waals surface area contributed by atoms with Crippen molar-refractivity contribution in [1.29, 1.82) is 0 Å². The van der Waals surface area contributed by atoms with E-state index in [9.17, 15) is 0 Å². The van der Waals surface area contributed by atoms with E-state index in [1.54, 1.807) is 0 Å². The third-order valence-electron chi connectivity index (χ3n) is 1.47. The van der Waals surface area contributed by atoms with Crippen LogP contribution in [0.1, 0.15) is 12.5 Å². The van der Waals surface area contributed by atoms with E-state index < -0.39 is 0 Å². The molecule has 1 rings (SSSR count). The molecule has 0 aliphatic rings. The van der Waals surface area contributed by atoms with Crippen molar-refractivity contribution < 1.29 is 4.84 Å². The van der Waals surface area contributed by atoms with Crippen LogP contribution in [-0.2, 0) is 4.84 Å². The van der Waals surface area contributed by atoms with Crippen LogP contribution in [0.2, 0.25) is 0 Å². The highest BCUT2D eigenvalue weighted by atomic mass is 31.0. The van der Waals surface area contributed by atoms with Gasteiger partial charge in [-0.05, 0) is 12.5 Å². The molecule has 0 amide bonds. The Morgan fingerprint density at radius 3 is 2.67 bits per heavy atom. The van der Waals surface area contributed by atoms with Crippen LogP contribution >= 0.6 is 9.24 Å². The lowest BCUT2D eigenvalue weighted by Gasteiger charge is -1.98.